The van der Waals surface area contributed by atoms with E-state index in [1.165, 1.54) is 16.5 Å². The third-order valence-electron chi connectivity index (χ3n) is 4.86. The van der Waals surface area contributed by atoms with Crippen LogP contribution in [0, 0.1) is 0 Å². The third-order valence-corrected chi connectivity index (χ3v) is 7.96. The van der Waals surface area contributed by atoms with E-state index >= 15 is 0 Å². The number of carbonyl (C=O) groups is 1. The van der Waals surface area contributed by atoms with Crippen LogP contribution in [0.5, 0.6) is 0 Å². The molecule has 5 aromatic rings. The first-order chi connectivity index (χ1) is 16.8. The number of hydrogen-bond donors (Lipinski definition) is 1. The van der Waals surface area contributed by atoms with Gasteiger partial charge in [-0.05, 0) is 35.9 Å². The predicted octanol–water partition coefficient (Wildman–Crippen LogP) is 4.97. The minimum Gasteiger partial charge on any atom is -0.351 e. The Morgan fingerprint density at radius 3 is 2.65 bits per heavy atom. The van der Waals surface area contributed by atoms with Crippen molar-refractivity contribution >= 4 is 51.0 Å². The maximum atomic E-state index is 12.4. The van der Waals surface area contributed by atoms with E-state index in [9.17, 15) is 4.79 Å². The van der Waals surface area contributed by atoms with Crippen molar-refractivity contribution in [3.63, 3.8) is 0 Å². The smallest absolute Gasteiger partial charge is 0.230 e. The van der Waals surface area contributed by atoms with Gasteiger partial charge in [0.25, 0.3) is 0 Å². The molecule has 0 radical (unpaired) electrons. The van der Waals surface area contributed by atoms with Gasteiger partial charge in [-0.3, -0.25) is 14.3 Å². The Bertz CT molecular complexity index is 1350. The average molecular weight is 505 g/mol. The van der Waals surface area contributed by atoms with Gasteiger partial charge in [0.05, 0.1) is 21.7 Å². The molecule has 0 aliphatic rings. The molecule has 34 heavy (non-hydrogen) atoms. The Kier molecular flexibility index (Phi) is 7.18. The van der Waals surface area contributed by atoms with Gasteiger partial charge in [0.1, 0.15) is 5.82 Å². The second-order valence-electron chi connectivity index (χ2n) is 7.23. The number of hydrogen-bond acceptors (Lipinski definition) is 8. The van der Waals surface area contributed by atoms with E-state index < -0.39 is 0 Å². The van der Waals surface area contributed by atoms with Crippen molar-refractivity contribution in [1.29, 1.82) is 0 Å². The van der Waals surface area contributed by atoms with Crippen molar-refractivity contribution in [1.82, 2.24) is 30.0 Å². The third kappa shape index (κ3) is 5.46. The molecule has 0 aliphatic heterocycles. The van der Waals surface area contributed by atoms with E-state index in [-0.39, 0.29) is 11.7 Å². The van der Waals surface area contributed by atoms with Crippen LogP contribution in [0.4, 0.5) is 0 Å². The maximum absolute atomic E-state index is 12.4. The van der Waals surface area contributed by atoms with Gasteiger partial charge in [0.2, 0.25) is 5.91 Å². The SMILES string of the molecule is O=C(CSc1nnc(CSc2nc3ccccc3s2)n1-c1ccccc1)NCc1cccnc1. The minimum absolute atomic E-state index is 0.0677. The minimum atomic E-state index is -0.0677. The Hall–Kier alpha value is -3.21. The van der Waals surface area contributed by atoms with Gasteiger partial charge >= 0.3 is 0 Å². The largest absolute Gasteiger partial charge is 0.351 e. The van der Waals surface area contributed by atoms with Gasteiger partial charge in [-0.15, -0.1) is 21.5 Å². The summed E-state index contributed by atoms with van der Waals surface area (Å²) in [6.45, 7) is 0.447. The lowest BCUT2D eigenvalue weighted by Gasteiger charge is -2.10. The van der Waals surface area contributed by atoms with Gasteiger partial charge < -0.3 is 5.32 Å². The molecule has 2 aromatic carbocycles. The molecule has 5 rings (SSSR count). The summed E-state index contributed by atoms with van der Waals surface area (Å²) in [4.78, 5) is 21.2. The monoisotopic (exact) mass is 504 g/mol. The van der Waals surface area contributed by atoms with Crippen molar-refractivity contribution in [2.45, 2.75) is 21.8 Å². The molecule has 7 nitrogen and oxygen atoms in total. The second-order valence-corrected chi connectivity index (χ2v) is 10.4. The summed E-state index contributed by atoms with van der Waals surface area (Å²) < 4.78 is 4.18. The van der Waals surface area contributed by atoms with Gasteiger partial charge in [0.15, 0.2) is 9.50 Å². The van der Waals surface area contributed by atoms with E-state index in [1.54, 1.807) is 35.5 Å². The Morgan fingerprint density at radius 2 is 1.82 bits per heavy atom. The van der Waals surface area contributed by atoms with Gasteiger partial charge in [-0.25, -0.2) is 4.98 Å². The lowest BCUT2D eigenvalue weighted by molar-refractivity contribution is -0.118. The Labute approximate surface area is 209 Å². The Balaban J connectivity index is 1.28. The van der Waals surface area contributed by atoms with Crippen LogP contribution in [0.3, 0.4) is 0 Å². The predicted molar refractivity (Wildman–Crippen MR) is 137 cm³/mol. The Morgan fingerprint density at radius 1 is 0.971 bits per heavy atom. The normalized spacial score (nSPS) is 11.1. The van der Waals surface area contributed by atoms with E-state index in [4.69, 9.17) is 4.98 Å². The number of carbonyl (C=O) groups excluding carboxylic acids is 1. The quantitative estimate of drug-likeness (QED) is 0.284. The number of nitrogens with zero attached hydrogens (tertiary/aromatic N) is 5. The molecule has 0 saturated heterocycles. The van der Waals surface area contributed by atoms with Crippen LogP contribution in [0.25, 0.3) is 15.9 Å². The maximum Gasteiger partial charge on any atom is 0.230 e. The highest BCUT2D eigenvalue weighted by atomic mass is 32.2. The molecule has 3 aromatic heterocycles. The number of para-hydroxylation sites is 2. The number of aromatic nitrogens is 5. The molecule has 10 heteroatoms. The number of amides is 1. The standard InChI is InChI=1S/C24H20N6OS3/c31-22(26-14-17-7-6-12-25-13-17)16-32-23-29-28-21(30(23)18-8-2-1-3-9-18)15-33-24-27-19-10-4-5-11-20(19)34-24/h1-13H,14-16H2,(H,26,31). The van der Waals surface area contributed by atoms with E-state index in [2.05, 4.69) is 26.6 Å². The fourth-order valence-electron chi connectivity index (χ4n) is 3.25. The molecule has 0 bridgehead atoms. The molecular weight excluding hydrogens is 485 g/mol. The zero-order valence-corrected chi connectivity index (χ0v) is 20.4. The summed E-state index contributed by atoms with van der Waals surface area (Å²) in [5, 5.41) is 12.4. The van der Waals surface area contributed by atoms with Gasteiger partial charge in [-0.2, -0.15) is 0 Å². The molecule has 0 spiro atoms. The number of rotatable bonds is 9. The van der Waals surface area contributed by atoms with E-state index in [1.807, 2.05) is 65.2 Å². The lowest BCUT2D eigenvalue weighted by atomic mass is 10.3. The van der Waals surface area contributed by atoms with Crippen LogP contribution in [0.15, 0.2) is 88.6 Å². The number of thiazole rings is 1. The topological polar surface area (TPSA) is 85.6 Å². The molecule has 0 fully saturated rings. The van der Waals surface area contributed by atoms with Crippen LogP contribution in [-0.4, -0.2) is 36.4 Å². The number of pyridine rings is 1. The van der Waals surface area contributed by atoms with Crippen molar-refractivity contribution in [2.75, 3.05) is 5.75 Å². The summed E-state index contributed by atoms with van der Waals surface area (Å²) in [5.41, 5.74) is 2.93. The fraction of sp³-hybridized carbons (Fsp3) is 0.125. The zero-order chi connectivity index (χ0) is 23.2. The second kappa shape index (κ2) is 10.8. The highest BCUT2D eigenvalue weighted by Crippen LogP contribution is 2.32. The first kappa shape index (κ1) is 22.6. The highest BCUT2D eigenvalue weighted by molar-refractivity contribution is 8.00. The number of fused-ring (bicyclic) bond motifs is 1. The van der Waals surface area contributed by atoms with Crippen LogP contribution in [0.1, 0.15) is 11.4 Å². The molecule has 0 aliphatic carbocycles. The van der Waals surface area contributed by atoms with Crippen molar-refractivity contribution in [3.8, 4) is 5.69 Å². The van der Waals surface area contributed by atoms with E-state index in [0.717, 1.165) is 26.9 Å². The lowest BCUT2D eigenvalue weighted by Crippen LogP contribution is -2.24. The number of benzene rings is 2. The number of nitrogens with one attached hydrogen (secondary N) is 1. The van der Waals surface area contributed by atoms with Crippen LogP contribution in [0.2, 0.25) is 0 Å². The molecule has 1 amide bonds. The summed E-state index contributed by atoms with van der Waals surface area (Å²) in [6.07, 6.45) is 3.46. The molecule has 0 saturated carbocycles. The molecule has 0 atom stereocenters. The molecule has 3 heterocycles. The summed E-state index contributed by atoms with van der Waals surface area (Å²) >= 11 is 4.69. The van der Waals surface area contributed by atoms with Crippen molar-refractivity contribution in [2.24, 2.45) is 0 Å². The summed E-state index contributed by atoms with van der Waals surface area (Å²) in [7, 11) is 0. The number of thioether (sulfide) groups is 2. The molecule has 170 valence electrons. The molecular formula is C24H20N6OS3. The summed E-state index contributed by atoms with van der Waals surface area (Å²) in [5.74, 6) is 1.61. The van der Waals surface area contributed by atoms with Crippen LogP contribution >= 0.6 is 34.9 Å². The van der Waals surface area contributed by atoms with Gasteiger partial charge in [0, 0.05) is 24.6 Å². The van der Waals surface area contributed by atoms with Crippen LogP contribution < -0.4 is 5.32 Å². The van der Waals surface area contributed by atoms with Gasteiger partial charge in [-0.1, -0.05) is 59.9 Å². The zero-order valence-electron chi connectivity index (χ0n) is 18.0. The molecule has 1 N–H and O–H groups in total. The summed E-state index contributed by atoms with van der Waals surface area (Å²) in [6, 6.07) is 21.9. The van der Waals surface area contributed by atoms with Crippen molar-refractivity contribution in [3.05, 3.63) is 90.5 Å². The van der Waals surface area contributed by atoms with E-state index in [0.29, 0.717) is 17.5 Å². The molecule has 0 unspecified atom stereocenters. The first-order valence-corrected chi connectivity index (χ1v) is 13.3. The average Bonchev–Trinajstić information content (AvgIpc) is 3.49. The first-order valence-electron chi connectivity index (χ1n) is 10.5. The van der Waals surface area contributed by atoms with Crippen molar-refractivity contribution < 1.29 is 4.79 Å². The fourth-order valence-corrected chi connectivity index (χ4v) is 6.03. The van der Waals surface area contributed by atoms with Crippen LogP contribution in [-0.2, 0) is 17.1 Å². The highest BCUT2D eigenvalue weighted by Gasteiger charge is 2.17.